The number of benzene rings is 1. The van der Waals surface area contributed by atoms with Crippen LogP contribution in [0.15, 0.2) is 28.7 Å². The maximum absolute atomic E-state index is 11.9. The third-order valence-corrected chi connectivity index (χ3v) is 3.69. The van der Waals surface area contributed by atoms with Gasteiger partial charge in [0, 0.05) is 23.5 Å². The monoisotopic (exact) mass is 310 g/mol. The summed E-state index contributed by atoms with van der Waals surface area (Å²) in [6.07, 6.45) is 1.51. The zero-order chi connectivity index (χ0) is 13.0. The number of rotatable bonds is 3. The van der Waals surface area contributed by atoms with Crippen molar-refractivity contribution in [1.82, 2.24) is 10.6 Å². The maximum atomic E-state index is 11.9. The predicted octanol–water partition coefficient (Wildman–Crippen LogP) is 1.39. The van der Waals surface area contributed by atoms with E-state index in [2.05, 4.69) is 26.6 Å². The van der Waals surface area contributed by atoms with Crippen molar-refractivity contribution in [2.45, 2.75) is 25.3 Å². The fourth-order valence-electron chi connectivity index (χ4n) is 2.00. The standard InChI is InChI=1S/C13H15BrN2O2/c14-11-4-2-1-3-9(11)7-13(18)16-10-5-6-15-12(17)8-10/h1-4,10H,5-8H2,(H,15,17)(H,16,18). The van der Waals surface area contributed by atoms with E-state index in [1.807, 2.05) is 24.3 Å². The zero-order valence-corrected chi connectivity index (χ0v) is 11.5. The van der Waals surface area contributed by atoms with Gasteiger partial charge >= 0.3 is 0 Å². The first-order valence-electron chi connectivity index (χ1n) is 5.94. The van der Waals surface area contributed by atoms with Crippen molar-refractivity contribution >= 4 is 27.7 Å². The number of piperidine rings is 1. The van der Waals surface area contributed by atoms with Gasteiger partial charge in [0.25, 0.3) is 0 Å². The van der Waals surface area contributed by atoms with E-state index in [0.717, 1.165) is 16.5 Å². The smallest absolute Gasteiger partial charge is 0.224 e. The van der Waals surface area contributed by atoms with Gasteiger partial charge in [-0.05, 0) is 18.1 Å². The summed E-state index contributed by atoms with van der Waals surface area (Å²) in [4.78, 5) is 23.1. The van der Waals surface area contributed by atoms with Crippen LogP contribution < -0.4 is 10.6 Å². The molecule has 0 bridgehead atoms. The number of amides is 2. The molecule has 1 saturated heterocycles. The molecule has 1 aliphatic heterocycles. The van der Waals surface area contributed by atoms with Crippen molar-refractivity contribution in [2.24, 2.45) is 0 Å². The molecule has 1 aliphatic rings. The lowest BCUT2D eigenvalue weighted by molar-refractivity contribution is -0.124. The fraction of sp³-hybridized carbons (Fsp3) is 0.385. The lowest BCUT2D eigenvalue weighted by atomic mass is 10.1. The molecule has 18 heavy (non-hydrogen) atoms. The first-order valence-corrected chi connectivity index (χ1v) is 6.74. The second-order valence-electron chi connectivity index (χ2n) is 4.38. The van der Waals surface area contributed by atoms with E-state index in [9.17, 15) is 9.59 Å². The van der Waals surface area contributed by atoms with Crippen molar-refractivity contribution in [1.29, 1.82) is 0 Å². The van der Waals surface area contributed by atoms with Crippen LogP contribution in [-0.2, 0) is 16.0 Å². The average molecular weight is 311 g/mol. The lowest BCUT2D eigenvalue weighted by Crippen LogP contribution is -2.45. The van der Waals surface area contributed by atoms with E-state index >= 15 is 0 Å². The van der Waals surface area contributed by atoms with Crippen LogP contribution in [0.1, 0.15) is 18.4 Å². The van der Waals surface area contributed by atoms with Crippen LogP contribution in [0.5, 0.6) is 0 Å². The van der Waals surface area contributed by atoms with Crippen LogP contribution in [0.2, 0.25) is 0 Å². The van der Waals surface area contributed by atoms with Crippen LogP contribution in [0, 0.1) is 0 Å². The Hall–Kier alpha value is -1.36. The quantitative estimate of drug-likeness (QED) is 0.886. The highest BCUT2D eigenvalue weighted by atomic mass is 79.9. The minimum atomic E-state index is -0.0402. The van der Waals surface area contributed by atoms with E-state index in [1.165, 1.54) is 0 Å². The van der Waals surface area contributed by atoms with Crippen LogP contribution in [0.25, 0.3) is 0 Å². The highest BCUT2D eigenvalue weighted by Crippen LogP contribution is 2.16. The van der Waals surface area contributed by atoms with Crippen molar-refractivity contribution in [3.8, 4) is 0 Å². The topological polar surface area (TPSA) is 58.2 Å². The van der Waals surface area contributed by atoms with Crippen molar-refractivity contribution in [3.63, 3.8) is 0 Å². The van der Waals surface area contributed by atoms with Crippen molar-refractivity contribution < 1.29 is 9.59 Å². The summed E-state index contributed by atoms with van der Waals surface area (Å²) in [6, 6.07) is 7.61. The van der Waals surface area contributed by atoms with Gasteiger partial charge in [0.05, 0.1) is 6.42 Å². The summed E-state index contributed by atoms with van der Waals surface area (Å²) in [7, 11) is 0. The lowest BCUT2D eigenvalue weighted by Gasteiger charge is -2.23. The molecule has 0 saturated carbocycles. The number of carbonyl (C=O) groups is 2. The van der Waals surface area contributed by atoms with E-state index < -0.39 is 0 Å². The minimum Gasteiger partial charge on any atom is -0.356 e. The first kappa shape index (κ1) is 13.1. The summed E-state index contributed by atoms with van der Waals surface area (Å²) in [5, 5.41) is 5.65. The Morgan fingerprint density at radius 1 is 1.44 bits per heavy atom. The normalized spacial score (nSPS) is 19.2. The van der Waals surface area contributed by atoms with Gasteiger partial charge in [0.15, 0.2) is 0 Å². The van der Waals surface area contributed by atoms with Gasteiger partial charge in [0.1, 0.15) is 0 Å². The summed E-state index contributed by atoms with van der Waals surface area (Å²) >= 11 is 3.42. The Labute approximate surface area is 114 Å². The van der Waals surface area contributed by atoms with Crippen LogP contribution in [0.3, 0.4) is 0 Å². The van der Waals surface area contributed by atoms with Crippen molar-refractivity contribution in [3.05, 3.63) is 34.3 Å². The molecule has 2 rings (SSSR count). The Morgan fingerprint density at radius 2 is 2.22 bits per heavy atom. The predicted molar refractivity (Wildman–Crippen MR) is 72.0 cm³/mol. The van der Waals surface area contributed by atoms with Gasteiger partial charge in [-0.15, -0.1) is 0 Å². The second kappa shape index (κ2) is 6.00. The molecular weight excluding hydrogens is 296 g/mol. The highest BCUT2D eigenvalue weighted by Gasteiger charge is 2.20. The van der Waals surface area contributed by atoms with Gasteiger partial charge in [-0.25, -0.2) is 0 Å². The number of halogens is 1. The second-order valence-corrected chi connectivity index (χ2v) is 5.23. The van der Waals surface area contributed by atoms with Gasteiger partial charge < -0.3 is 10.6 Å². The third kappa shape index (κ3) is 3.57. The summed E-state index contributed by atoms with van der Waals surface area (Å²) in [6.45, 7) is 0.638. The largest absolute Gasteiger partial charge is 0.356 e. The van der Waals surface area contributed by atoms with Crippen LogP contribution >= 0.6 is 15.9 Å². The molecule has 1 aromatic rings. The summed E-state index contributed by atoms with van der Waals surface area (Å²) in [5.41, 5.74) is 0.954. The van der Waals surface area contributed by atoms with Gasteiger partial charge in [-0.2, -0.15) is 0 Å². The molecule has 1 fully saturated rings. The van der Waals surface area contributed by atoms with E-state index in [1.54, 1.807) is 0 Å². The highest BCUT2D eigenvalue weighted by molar-refractivity contribution is 9.10. The fourth-order valence-corrected chi connectivity index (χ4v) is 2.43. The molecule has 0 radical (unpaired) electrons. The Morgan fingerprint density at radius 3 is 2.94 bits per heavy atom. The van der Waals surface area contributed by atoms with E-state index in [4.69, 9.17) is 0 Å². The number of hydrogen-bond acceptors (Lipinski definition) is 2. The number of hydrogen-bond donors (Lipinski definition) is 2. The molecule has 0 aromatic heterocycles. The van der Waals surface area contributed by atoms with Gasteiger partial charge in [-0.1, -0.05) is 34.1 Å². The SMILES string of the molecule is O=C1CC(NC(=O)Cc2ccccc2Br)CCN1. The first-order chi connectivity index (χ1) is 8.65. The molecule has 1 unspecified atom stereocenters. The molecule has 0 spiro atoms. The zero-order valence-electron chi connectivity index (χ0n) is 9.91. The van der Waals surface area contributed by atoms with E-state index in [0.29, 0.717) is 19.4 Å². The molecule has 5 heteroatoms. The summed E-state index contributed by atoms with van der Waals surface area (Å²) in [5.74, 6) is -0.0333. The van der Waals surface area contributed by atoms with Crippen LogP contribution in [-0.4, -0.2) is 24.4 Å². The Kier molecular flexibility index (Phi) is 4.36. The molecule has 2 amide bonds. The van der Waals surface area contributed by atoms with Gasteiger partial charge in [-0.3, -0.25) is 9.59 Å². The van der Waals surface area contributed by atoms with Gasteiger partial charge in [0.2, 0.25) is 11.8 Å². The van der Waals surface area contributed by atoms with Crippen molar-refractivity contribution in [2.75, 3.05) is 6.54 Å². The average Bonchev–Trinajstić information content (AvgIpc) is 2.32. The molecular formula is C13H15BrN2O2. The molecule has 1 heterocycles. The maximum Gasteiger partial charge on any atom is 0.224 e. The van der Waals surface area contributed by atoms with E-state index in [-0.39, 0.29) is 17.9 Å². The molecule has 0 aliphatic carbocycles. The number of nitrogens with one attached hydrogen (secondary N) is 2. The third-order valence-electron chi connectivity index (χ3n) is 2.92. The molecule has 4 nitrogen and oxygen atoms in total. The molecule has 1 aromatic carbocycles. The molecule has 96 valence electrons. The molecule has 2 N–H and O–H groups in total. The number of carbonyl (C=O) groups excluding carboxylic acids is 2. The molecule has 1 atom stereocenters. The summed E-state index contributed by atoms with van der Waals surface area (Å²) < 4.78 is 0.932. The Bertz CT molecular complexity index is 462. The Balaban J connectivity index is 1.89. The minimum absolute atomic E-state index is 0.00689. The van der Waals surface area contributed by atoms with Crippen LogP contribution in [0.4, 0.5) is 0 Å².